The molecule has 4 rings (SSSR count). The molecule has 0 radical (unpaired) electrons. The monoisotopic (exact) mass is 651 g/mol. The molecule has 0 bridgehead atoms. The first kappa shape index (κ1) is 33.8. The predicted molar refractivity (Wildman–Crippen MR) is 189 cm³/mol. The van der Waals surface area contributed by atoms with Crippen LogP contribution in [0.15, 0.2) is 109 Å². The number of rotatable bonds is 14. The second kappa shape index (κ2) is 15.8. The number of aliphatic hydroxyl groups is 1. The molecule has 0 saturated heterocycles. The fraction of sp³-hybridized carbons (Fsp3) is 0.333. The molecule has 0 aliphatic heterocycles. The van der Waals surface area contributed by atoms with E-state index in [1.807, 2.05) is 60.3 Å². The van der Waals surface area contributed by atoms with E-state index < -0.39 is 14.4 Å². The molecule has 4 aromatic rings. The average molecular weight is 653 g/mol. The van der Waals surface area contributed by atoms with Crippen molar-refractivity contribution >= 4 is 53.7 Å². The summed E-state index contributed by atoms with van der Waals surface area (Å²) in [6.45, 7) is 9.78. The van der Waals surface area contributed by atoms with Gasteiger partial charge < -0.3 is 14.8 Å². The molecule has 0 aliphatic carbocycles. The fourth-order valence-corrected chi connectivity index (χ4v) is 11.7. The Morgan fingerprint density at radius 1 is 0.791 bits per heavy atom. The van der Waals surface area contributed by atoms with Crippen molar-refractivity contribution in [1.29, 1.82) is 0 Å². The van der Waals surface area contributed by atoms with Gasteiger partial charge >= 0.3 is 0 Å². The van der Waals surface area contributed by atoms with Crippen LogP contribution in [-0.4, -0.2) is 37.6 Å². The van der Waals surface area contributed by atoms with E-state index in [0.717, 1.165) is 29.1 Å². The van der Waals surface area contributed by atoms with Crippen molar-refractivity contribution in [3.8, 4) is 0 Å². The molecule has 3 nitrogen and oxygen atoms in total. The van der Waals surface area contributed by atoms with Crippen LogP contribution in [-0.2, 0) is 4.43 Å². The van der Waals surface area contributed by atoms with Gasteiger partial charge in [-0.15, -0.1) is 0 Å². The van der Waals surface area contributed by atoms with Crippen LogP contribution in [0.3, 0.4) is 0 Å². The van der Waals surface area contributed by atoms with Gasteiger partial charge in [-0.1, -0.05) is 136 Å². The minimum absolute atomic E-state index is 0.0455. The molecule has 3 atom stereocenters. The van der Waals surface area contributed by atoms with Crippen LogP contribution in [0, 0.1) is 0 Å². The highest BCUT2D eigenvalue weighted by molar-refractivity contribution is 7.99. The van der Waals surface area contributed by atoms with E-state index in [2.05, 4.69) is 93.7 Å². The standard InChI is InChI=1S/C36H43Cl2NO2SSi/c1-5-31(39-34(27-19-21-29(37)22-20-27)35(40)28-13-12-14-30(38)25-28)26-42-24-23-41-43(36(2,3)4,32-15-8-6-9-16-32)33-17-10-7-11-18-33/h6-22,25,31,34-35,39-40H,5,23-24,26H2,1-4H3/t31-,34+,35+/m0/s1. The van der Waals surface area contributed by atoms with E-state index in [4.69, 9.17) is 27.6 Å². The smallest absolute Gasteiger partial charge is 0.261 e. The van der Waals surface area contributed by atoms with Crippen molar-refractivity contribution in [3.63, 3.8) is 0 Å². The predicted octanol–water partition coefficient (Wildman–Crippen LogP) is 8.45. The van der Waals surface area contributed by atoms with Crippen LogP contribution in [0.1, 0.15) is 57.4 Å². The van der Waals surface area contributed by atoms with E-state index in [-0.39, 0.29) is 17.1 Å². The molecule has 0 amide bonds. The molecule has 2 N–H and O–H groups in total. The van der Waals surface area contributed by atoms with Crippen LogP contribution in [0.25, 0.3) is 0 Å². The van der Waals surface area contributed by atoms with Gasteiger partial charge in [0, 0.05) is 34.2 Å². The zero-order chi connectivity index (χ0) is 30.9. The Morgan fingerprint density at radius 3 is 1.93 bits per heavy atom. The van der Waals surface area contributed by atoms with Crippen molar-refractivity contribution in [2.75, 3.05) is 18.1 Å². The third kappa shape index (κ3) is 8.55. The highest BCUT2D eigenvalue weighted by Crippen LogP contribution is 2.37. The van der Waals surface area contributed by atoms with Crippen molar-refractivity contribution in [3.05, 3.63) is 130 Å². The van der Waals surface area contributed by atoms with Gasteiger partial charge in [0.15, 0.2) is 0 Å². The second-order valence-electron chi connectivity index (χ2n) is 11.9. The first-order valence-electron chi connectivity index (χ1n) is 14.9. The minimum Gasteiger partial charge on any atom is -0.407 e. The van der Waals surface area contributed by atoms with E-state index in [0.29, 0.717) is 16.7 Å². The lowest BCUT2D eigenvalue weighted by atomic mass is 9.95. The van der Waals surface area contributed by atoms with Gasteiger partial charge in [0.1, 0.15) is 0 Å². The summed E-state index contributed by atoms with van der Waals surface area (Å²) in [5.41, 5.74) is 1.76. The molecule has 0 aliphatic rings. The molecule has 0 heterocycles. The number of aliphatic hydroxyl groups excluding tert-OH is 1. The summed E-state index contributed by atoms with van der Waals surface area (Å²) in [6, 6.07) is 36.6. The molecular formula is C36H43Cl2NO2SSi. The second-order valence-corrected chi connectivity index (χ2v) is 18.2. The maximum absolute atomic E-state index is 11.5. The van der Waals surface area contributed by atoms with Crippen LogP contribution >= 0.6 is 35.0 Å². The lowest BCUT2D eigenvalue weighted by molar-refractivity contribution is 0.122. The number of nitrogens with one attached hydrogen (secondary N) is 1. The van der Waals surface area contributed by atoms with E-state index in [9.17, 15) is 5.11 Å². The highest BCUT2D eigenvalue weighted by Gasteiger charge is 2.50. The van der Waals surface area contributed by atoms with E-state index >= 15 is 0 Å². The minimum atomic E-state index is -2.55. The molecule has 4 aromatic carbocycles. The molecule has 43 heavy (non-hydrogen) atoms. The SMILES string of the molecule is CC[C@@H](CSCCO[Si](c1ccccc1)(c1ccccc1)C(C)(C)C)N[C@H](c1ccc(Cl)cc1)[C@H](O)c1cccc(Cl)c1. The van der Waals surface area contributed by atoms with Crippen molar-refractivity contribution in [2.24, 2.45) is 0 Å². The molecule has 0 unspecified atom stereocenters. The van der Waals surface area contributed by atoms with Crippen LogP contribution < -0.4 is 15.7 Å². The summed E-state index contributed by atoms with van der Waals surface area (Å²) in [5.74, 6) is 1.78. The summed E-state index contributed by atoms with van der Waals surface area (Å²) in [6.07, 6.45) is 0.159. The number of thioether (sulfide) groups is 1. The fourth-order valence-electron chi connectivity index (χ4n) is 5.70. The molecule has 0 aromatic heterocycles. The van der Waals surface area contributed by atoms with Gasteiger partial charge in [0.05, 0.1) is 12.1 Å². The van der Waals surface area contributed by atoms with E-state index in [1.54, 1.807) is 0 Å². The van der Waals surface area contributed by atoms with Crippen molar-refractivity contribution in [2.45, 2.75) is 57.3 Å². The van der Waals surface area contributed by atoms with Gasteiger partial charge in [-0.05, 0) is 57.2 Å². The third-order valence-electron chi connectivity index (χ3n) is 7.93. The van der Waals surface area contributed by atoms with Gasteiger partial charge in [-0.2, -0.15) is 11.8 Å². The average Bonchev–Trinajstić information content (AvgIpc) is 3.01. The molecule has 0 spiro atoms. The van der Waals surface area contributed by atoms with Gasteiger partial charge in [0.25, 0.3) is 8.32 Å². The number of hydrogen-bond acceptors (Lipinski definition) is 4. The molecule has 0 fully saturated rings. The lowest BCUT2D eigenvalue weighted by Crippen LogP contribution is -2.66. The molecule has 228 valence electrons. The van der Waals surface area contributed by atoms with Crippen LogP contribution in [0.5, 0.6) is 0 Å². The van der Waals surface area contributed by atoms with E-state index in [1.165, 1.54) is 10.4 Å². The van der Waals surface area contributed by atoms with Gasteiger partial charge in [0.2, 0.25) is 0 Å². The Morgan fingerprint density at radius 2 is 1.40 bits per heavy atom. The Labute approximate surface area is 273 Å². The Balaban J connectivity index is 1.46. The maximum atomic E-state index is 11.5. The number of halogens is 2. The summed E-state index contributed by atoms with van der Waals surface area (Å²) in [5, 5.41) is 19.1. The topological polar surface area (TPSA) is 41.5 Å². The number of benzene rings is 4. The molecule has 0 saturated carbocycles. The normalized spacial score (nSPS) is 14.3. The van der Waals surface area contributed by atoms with Gasteiger partial charge in [-0.25, -0.2) is 0 Å². The van der Waals surface area contributed by atoms with Crippen molar-refractivity contribution in [1.82, 2.24) is 5.32 Å². The Kier molecular flexibility index (Phi) is 12.4. The summed E-state index contributed by atoms with van der Waals surface area (Å²) in [4.78, 5) is 0. The highest BCUT2D eigenvalue weighted by atomic mass is 35.5. The first-order valence-corrected chi connectivity index (χ1v) is 18.8. The maximum Gasteiger partial charge on any atom is 0.261 e. The molecular weight excluding hydrogens is 609 g/mol. The molecule has 7 heteroatoms. The third-order valence-corrected chi connectivity index (χ3v) is 14.5. The summed E-state index contributed by atoms with van der Waals surface area (Å²) in [7, 11) is -2.55. The summed E-state index contributed by atoms with van der Waals surface area (Å²) < 4.78 is 7.08. The van der Waals surface area contributed by atoms with Crippen molar-refractivity contribution < 1.29 is 9.53 Å². The summed E-state index contributed by atoms with van der Waals surface area (Å²) >= 11 is 14.3. The van der Waals surface area contributed by atoms with Crippen LogP contribution in [0.4, 0.5) is 0 Å². The quantitative estimate of drug-likeness (QED) is 0.106. The first-order chi connectivity index (χ1) is 20.7. The zero-order valence-electron chi connectivity index (χ0n) is 25.5. The zero-order valence-corrected chi connectivity index (χ0v) is 28.8. The largest absolute Gasteiger partial charge is 0.407 e. The Bertz CT molecular complexity index is 1360. The number of hydrogen-bond donors (Lipinski definition) is 2. The Hall–Kier alpha value is -2.09. The van der Waals surface area contributed by atoms with Crippen LogP contribution in [0.2, 0.25) is 15.1 Å². The van der Waals surface area contributed by atoms with Gasteiger partial charge in [-0.3, -0.25) is 0 Å². The lowest BCUT2D eigenvalue weighted by Gasteiger charge is -2.43.